The molecule has 1 heterocycles. The highest BCUT2D eigenvalue weighted by Gasteiger charge is 2.10. The van der Waals surface area contributed by atoms with Crippen molar-refractivity contribution < 1.29 is 19.2 Å². The Morgan fingerprint density at radius 3 is 2.48 bits per heavy atom. The molecule has 0 saturated heterocycles. The molecule has 2 amide bonds. The third-order valence-electron chi connectivity index (χ3n) is 3.78. The second-order valence-electron chi connectivity index (χ2n) is 5.67. The van der Waals surface area contributed by atoms with E-state index in [1.807, 2.05) is 24.3 Å². The zero-order chi connectivity index (χ0) is 19.2. The smallest absolute Gasteiger partial charge is 0.276 e. The number of para-hydroxylation sites is 1. The van der Waals surface area contributed by atoms with Gasteiger partial charge in [-0.25, -0.2) is 0 Å². The molecule has 1 aromatic heterocycles. The van der Waals surface area contributed by atoms with Gasteiger partial charge in [0, 0.05) is 29.2 Å². The van der Waals surface area contributed by atoms with E-state index in [9.17, 15) is 19.7 Å². The summed E-state index contributed by atoms with van der Waals surface area (Å²) in [6, 6.07) is 12.9. The highest BCUT2D eigenvalue weighted by atomic mass is 16.6. The number of nitro groups is 1. The first kappa shape index (κ1) is 17.9. The lowest BCUT2D eigenvalue weighted by molar-refractivity contribution is -0.384. The fourth-order valence-corrected chi connectivity index (χ4v) is 2.48. The van der Waals surface area contributed by atoms with Gasteiger partial charge in [-0.1, -0.05) is 18.2 Å². The van der Waals surface area contributed by atoms with Gasteiger partial charge in [0.15, 0.2) is 6.61 Å². The minimum absolute atomic E-state index is 0.0728. The number of hydrazine groups is 1. The molecule has 0 atom stereocenters. The van der Waals surface area contributed by atoms with E-state index < -0.39 is 10.8 Å². The lowest BCUT2D eigenvalue weighted by atomic mass is 10.1. The van der Waals surface area contributed by atoms with Crippen molar-refractivity contribution in [2.24, 2.45) is 0 Å². The molecule has 9 nitrogen and oxygen atoms in total. The van der Waals surface area contributed by atoms with E-state index >= 15 is 0 Å². The van der Waals surface area contributed by atoms with Crippen LogP contribution in [0.3, 0.4) is 0 Å². The first-order chi connectivity index (χ1) is 13.0. The van der Waals surface area contributed by atoms with Gasteiger partial charge in [0.25, 0.3) is 11.6 Å². The maximum Gasteiger partial charge on any atom is 0.276 e. The average molecular weight is 368 g/mol. The third-order valence-corrected chi connectivity index (χ3v) is 3.78. The van der Waals surface area contributed by atoms with E-state index in [-0.39, 0.29) is 24.6 Å². The standard InChI is InChI=1S/C18H16N4O5/c23-17(9-12-10-19-16-4-2-1-3-15(12)16)20-21-18(24)11-27-14-7-5-13(6-8-14)22(25)26/h1-8,10,19H,9,11H2,(H,20,23)(H,21,24). The number of H-pyrrole nitrogens is 1. The van der Waals surface area contributed by atoms with Gasteiger partial charge in [-0.15, -0.1) is 0 Å². The predicted molar refractivity (Wildman–Crippen MR) is 96.9 cm³/mol. The Labute approximate surface area is 153 Å². The molecule has 138 valence electrons. The largest absolute Gasteiger partial charge is 0.484 e. The second kappa shape index (κ2) is 8.00. The van der Waals surface area contributed by atoms with Crippen LogP contribution in [0.1, 0.15) is 5.56 Å². The van der Waals surface area contributed by atoms with Crippen LogP contribution >= 0.6 is 0 Å². The number of carbonyl (C=O) groups is 2. The van der Waals surface area contributed by atoms with Crippen molar-refractivity contribution in [2.45, 2.75) is 6.42 Å². The van der Waals surface area contributed by atoms with E-state index in [1.54, 1.807) is 6.20 Å². The number of hydrogen-bond acceptors (Lipinski definition) is 5. The van der Waals surface area contributed by atoms with Crippen LogP contribution in [0.15, 0.2) is 54.7 Å². The summed E-state index contributed by atoms with van der Waals surface area (Å²) in [5, 5.41) is 11.5. The molecule has 0 bridgehead atoms. The van der Waals surface area contributed by atoms with Crippen LogP contribution in [0.4, 0.5) is 5.69 Å². The van der Waals surface area contributed by atoms with Crippen molar-refractivity contribution in [3.05, 3.63) is 70.4 Å². The summed E-state index contributed by atoms with van der Waals surface area (Å²) in [7, 11) is 0. The molecule has 3 aromatic rings. The van der Waals surface area contributed by atoms with E-state index in [4.69, 9.17) is 4.74 Å². The van der Waals surface area contributed by atoms with Gasteiger partial charge < -0.3 is 9.72 Å². The van der Waals surface area contributed by atoms with Crippen molar-refractivity contribution >= 4 is 28.4 Å². The summed E-state index contributed by atoms with van der Waals surface area (Å²) in [4.78, 5) is 36.9. The number of fused-ring (bicyclic) bond motifs is 1. The number of aromatic nitrogens is 1. The van der Waals surface area contributed by atoms with E-state index in [1.165, 1.54) is 24.3 Å². The predicted octanol–water partition coefficient (Wildman–Crippen LogP) is 1.84. The molecule has 0 aliphatic carbocycles. The molecule has 0 aliphatic heterocycles. The number of ether oxygens (including phenoxy) is 1. The first-order valence-corrected chi connectivity index (χ1v) is 8.03. The van der Waals surface area contributed by atoms with Gasteiger partial charge >= 0.3 is 0 Å². The molecule has 0 unspecified atom stereocenters. The summed E-state index contributed by atoms with van der Waals surface area (Å²) in [5.74, 6) is -0.620. The molecular weight excluding hydrogens is 352 g/mol. The Balaban J connectivity index is 1.44. The molecule has 0 saturated carbocycles. The summed E-state index contributed by atoms with van der Waals surface area (Å²) in [5.41, 5.74) is 6.26. The Kier molecular flexibility index (Phi) is 5.31. The number of nitrogens with zero attached hydrogens (tertiary/aromatic N) is 1. The third kappa shape index (κ3) is 4.60. The second-order valence-corrected chi connectivity index (χ2v) is 5.67. The first-order valence-electron chi connectivity index (χ1n) is 8.03. The summed E-state index contributed by atoms with van der Waals surface area (Å²) < 4.78 is 5.21. The number of non-ortho nitro benzene ring substituents is 1. The van der Waals surface area contributed by atoms with Gasteiger partial charge in [-0.3, -0.25) is 30.6 Å². The number of aromatic amines is 1. The highest BCUT2D eigenvalue weighted by molar-refractivity contribution is 5.89. The number of carbonyl (C=O) groups excluding carboxylic acids is 2. The molecule has 3 rings (SSSR count). The van der Waals surface area contributed by atoms with Crippen LogP contribution in [0, 0.1) is 10.1 Å². The Morgan fingerprint density at radius 1 is 1.04 bits per heavy atom. The SMILES string of the molecule is O=C(COc1ccc([N+](=O)[O-])cc1)NNC(=O)Cc1c[nH]c2ccccc12. The fraction of sp³-hybridized carbons (Fsp3) is 0.111. The quantitative estimate of drug-likeness (QED) is 0.452. The van der Waals surface area contributed by atoms with E-state index in [2.05, 4.69) is 15.8 Å². The van der Waals surface area contributed by atoms with Crippen LogP contribution in [-0.2, 0) is 16.0 Å². The number of nitrogens with one attached hydrogen (secondary N) is 3. The summed E-state index contributed by atoms with van der Waals surface area (Å²) in [6.45, 7) is -0.342. The van der Waals surface area contributed by atoms with Crippen molar-refractivity contribution in [3.8, 4) is 5.75 Å². The Hall–Kier alpha value is -3.88. The molecule has 0 spiro atoms. The van der Waals surface area contributed by atoms with Gasteiger partial charge in [0.05, 0.1) is 11.3 Å². The molecule has 0 radical (unpaired) electrons. The lowest BCUT2D eigenvalue weighted by Crippen LogP contribution is -2.44. The normalized spacial score (nSPS) is 10.4. The van der Waals surface area contributed by atoms with Crippen molar-refractivity contribution in [1.82, 2.24) is 15.8 Å². The minimum Gasteiger partial charge on any atom is -0.484 e. The molecule has 27 heavy (non-hydrogen) atoms. The van der Waals surface area contributed by atoms with Crippen molar-refractivity contribution in [3.63, 3.8) is 0 Å². The van der Waals surface area contributed by atoms with Gasteiger partial charge in [-0.05, 0) is 23.8 Å². The monoisotopic (exact) mass is 368 g/mol. The molecule has 0 aliphatic rings. The number of amides is 2. The van der Waals surface area contributed by atoms with Crippen LogP contribution < -0.4 is 15.6 Å². The zero-order valence-corrected chi connectivity index (χ0v) is 14.1. The van der Waals surface area contributed by atoms with Gasteiger partial charge in [-0.2, -0.15) is 0 Å². The van der Waals surface area contributed by atoms with Crippen molar-refractivity contribution in [1.29, 1.82) is 0 Å². The summed E-state index contributed by atoms with van der Waals surface area (Å²) in [6.07, 6.45) is 1.86. The van der Waals surface area contributed by atoms with Crippen LogP contribution in [0.25, 0.3) is 10.9 Å². The van der Waals surface area contributed by atoms with E-state index in [0.29, 0.717) is 5.75 Å². The Morgan fingerprint density at radius 2 is 1.74 bits per heavy atom. The lowest BCUT2D eigenvalue weighted by Gasteiger charge is -2.08. The number of hydrogen-bond donors (Lipinski definition) is 3. The maximum atomic E-state index is 12.0. The van der Waals surface area contributed by atoms with Crippen molar-refractivity contribution in [2.75, 3.05) is 6.61 Å². The van der Waals surface area contributed by atoms with Crippen LogP contribution in [0.5, 0.6) is 5.75 Å². The molecule has 2 aromatic carbocycles. The zero-order valence-electron chi connectivity index (χ0n) is 14.1. The topological polar surface area (TPSA) is 126 Å². The fourth-order valence-electron chi connectivity index (χ4n) is 2.48. The number of nitro benzene ring substituents is 1. The highest BCUT2D eigenvalue weighted by Crippen LogP contribution is 2.18. The van der Waals surface area contributed by atoms with Gasteiger partial charge in [0.2, 0.25) is 5.91 Å². The van der Waals surface area contributed by atoms with Crippen LogP contribution in [-0.4, -0.2) is 28.3 Å². The molecule has 9 heteroatoms. The summed E-state index contributed by atoms with van der Waals surface area (Å²) >= 11 is 0. The minimum atomic E-state index is -0.555. The van der Waals surface area contributed by atoms with Crippen LogP contribution in [0.2, 0.25) is 0 Å². The molecular formula is C18H16N4O5. The molecule has 3 N–H and O–H groups in total. The number of benzene rings is 2. The van der Waals surface area contributed by atoms with Gasteiger partial charge in [0.1, 0.15) is 5.75 Å². The molecule has 0 fully saturated rings. The van der Waals surface area contributed by atoms with E-state index in [0.717, 1.165) is 16.5 Å². The average Bonchev–Trinajstić information content (AvgIpc) is 3.08. The number of rotatable bonds is 6. The Bertz CT molecular complexity index is 981. The maximum absolute atomic E-state index is 12.0.